The molecule has 2 nitrogen and oxygen atoms in total. The van der Waals surface area contributed by atoms with Crippen LogP contribution in [0.4, 0.5) is 0 Å². The zero-order chi connectivity index (χ0) is 14.6. The summed E-state index contributed by atoms with van der Waals surface area (Å²) in [6.45, 7) is 21.8. The zero-order valence-corrected chi connectivity index (χ0v) is 15.0. The van der Waals surface area contributed by atoms with Gasteiger partial charge in [0.1, 0.15) is 0 Å². The Kier molecular flexibility index (Phi) is 7.12. The number of hydrogen-bond donors (Lipinski definition) is 0. The Labute approximate surface area is 116 Å². The van der Waals surface area contributed by atoms with Crippen molar-refractivity contribution in [3.8, 4) is 0 Å². The normalized spacial score (nSPS) is 14.0. The van der Waals surface area contributed by atoms with E-state index in [1.165, 1.54) is 0 Å². The molecule has 0 aliphatic rings. The van der Waals surface area contributed by atoms with Gasteiger partial charge >= 0.3 is 8.56 Å². The van der Waals surface area contributed by atoms with Crippen LogP contribution in [-0.2, 0) is 8.85 Å². The van der Waals surface area contributed by atoms with Gasteiger partial charge < -0.3 is 8.85 Å². The first kappa shape index (κ1) is 18.1. The third-order valence-electron chi connectivity index (χ3n) is 4.63. The molecule has 0 saturated carbocycles. The van der Waals surface area contributed by atoms with Gasteiger partial charge in [-0.15, -0.1) is 0 Å². The Bertz CT molecular complexity index is 223. The van der Waals surface area contributed by atoms with Crippen LogP contribution in [-0.4, -0.2) is 21.8 Å². The Balaban J connectivity index is 5.75. The second-order valence-electron chi connectivity index (χ2n) is 6.28. The van der Waals surface area contributed by atoms with Gasteiger partial charge in [-0.2, -0.15) is 0 Å². The highest BCUT2D eigenvalue weighted by Gasteiger charge is 2.59. The van der Waals surface area contributed by atoms with E-state index in [-0.39, 0.29) is 5.04 Å². The topological polar surface area (TPSA) is 18.5 Å². The van der Waals surface area contributed by atoms with Crippen LogP contribution < -0.4 is 0 Å². The van der Waals surface area contributed by atoms with Gasteiger partial charge in [-0.05, 0) is 31.2 Å². The molecule has 0 aliphatic heterocycles. The summed E-state index contributed by atoms with van der Waals surface area (Å²) >= 11 is 0. The van der Waals surface area contributed by atoms with Crippen molar-refractivity contribution >= 4 is 8.56 Å². The van der Waals surface area contributed by atoms with Crippen LogP contribution in [0.1, 0.15) is 62.3 Å². The standard InChI is InChI=1S/C15H34O2Si/c1-10-16-18(14(7)8,17-11-2)15(9,12(3)4)13(5)6/h12-14H,10-11H2,1-9H3. The fourth-order valence-corrected chi connectivity index (χ4v) is 8.29. The van der Waals surface area contributed by atoms with Crippen molar-refractivity contribution in [3.63, 3.8) is 0 Å². The van der Waals surface area contributed by atoms with E-state index >= 15 is 0 Å². The molecule has 0 aromatic heterocycles. The molecule has 0 aliphatic carbocycles. The van der Waals surface area contributed by atoms with E-state index in [9.17, 15) is 0 Å². The van der Waals surface area contributed by atoms with E-state index in [4.69, 9.17) is 8.85 Å². The molecule has 0 amide bonds. The van der Waals surface area contributed by atoms with Gasteiger partial charge in [0, 0.05) is 18.3 Å². The van der Waals surface area contributed by atoms with Crippen LogP contribution in [0, 0.1) is 11.8 Å². The first-order valence-electron chi connectivity index (χ1n) is 7.48. The molecule has 0 radical (unpaired) electrons. The Morgan fingerprint density at radius 2 is 1.17 bits per heavy atom. The minimum Gasteiger partial charge on any atom is -0.394 e. The molecular weight excluding hydrogens is 240 g/mol. The van der Waals surface area contributed by atoms with Crippen molar-refractivity contribution in [2.24, 2.45) is 11.8 Å². The molecule has 0 fully saturated rings. The van der Waals surface area contributed by atoms with Gasteiger partial charge in [-0.25, -0.2) is 0 Å². The maximum absolute atomic E-state index is 6.34. The summed E-state index contributed by atoms with van der Waals surface area (Å²) in [4.78, 5) is 0. The molecule has 0 aromatic carbocycles. The molecule has 110 valence electrons. The van der Waals surface area contributed by atoms with Crippen molar-refractivity contribution in [1.29, 1.82) is 0 Å². The van der Waals surface area contributed by atoms with Crippen LogP contribution in [0.2, 0.25) is 10.6 Å². The highest BCUT2D eigenvalue weighted by molar-refractivity contribution is 6.72. The van der Waals surface area contributed by atoms with Crippen molar-refractivity contribution < 1.29 is 8.85 Å². The van der Waals surface area contributed by atoms with Gasteiger partial charge in [0.05, 0.1) is 0 Å². The quantitative estimate of drug-likeness (QED) is 0.581. The molecular formula is C15H34O2Si. The molecule has 0 bridgehead atoms. The average Bonchev–Trinajstić information content (AvgIpc) is 2.26. The third-order valence-corrected chi connectivity index (χ3v) is 10.2. The van der Waals surface area contributed by atoms with E-state index < -0.39 is 8.56 Å². The average molecular weight is 275 g/mol. The van der Waals surface area contributed by atoms with Crippen LogP contribution in [0.25, 0.3) is 0 Å². The minimum absolute atomic E-state index is 0.132. The number of rotatable bonds is 8. The Morgan fingerprint density at radius 1 is 0.833 bits per heavy atom. The zero-order valence-electron chi connectivity index (χ0n) is 14.0. The summed E-state index contributed by atoms with van der Waals surface area (Å²) in [7, 11) is -2.25. The third kappa shape index (κ3) is 2.99. The highest BCUT2D eigenvalue weighted by Crippen LogP contribution is 2.55. The second-order valence-corrected chi connectivity index (χ2v) is 10.4. The number of hydrogen-bond acceptors (Lipinski definition) is 2. The lowest BCUT2D eigenvalue weighted by molar-refractivity contribution is 0.115. The van der Waals surface area contributed by atoms with Gasteiger partial charge in [0.2, 0.25) is 0 Å². The van der Waals surface area contributed by atoms with Crippen LogP contribution in [0.5, 0.6) is 0 Å². The van der Waals surface area contributed by atoms with E-state index in [0.717, 1.165) is 13.2 Å². The fraction of sp³-hybridized carbons (Fsp3) is 1.00. The monoisotopic (exact) mass is 274 g/mol. The summed E-state index contributed by atoms with van der Waals surface area (Å²) in [5.74, 6) is 1.12. The Morgan fingerprint density at radius 3 is 1.33 bits per heavy atom. The molecule has 0 spiro atoms. The molecule has 0 N–H and O–H groups in total. The lowest BCUT2D eigenvalue weighted by atomic mass is 9.86. The lowest BCUT2D eigenvalue weighted by Gasteiger charge is -2.52. The van der Waals surface area contributed by atoms with Crippen LogP contribution >= 0.6 is 0 Å². The molecule has 0 aromatic rings. The van der Waals surface area contributed by atoms with Crippen molar-refractivity contribution in [1.82, 2.24) is 0 Å². The SMILES string of the molecule is CCO[Si](OCC)(C(C)C)C(C)(C(C)C)C(C)C. The largest absolute Gasteiger partial charge is 0.394 e. The van der Waals surface area contributed by atoms with E-state index in [0.29, 0.717) is 17.4 Å². The summed E-state index contributed by atoms with van der Waals surface area (Å²) in [5.41, 5.74) is 0.465. The fourth-order valence-electron chi connectivity index (χ4n) is 3.21. The summed E-state index contributed by atoms with van der Waals surface area (Å²) in [5, 5.41) is 0.132. The molecule has 0 unspecified atom stereocenters. The molecule has 0 heterocycles. The molecule has 18 heavy (non-hydrogen) atoms. The van der Waals surface area contributed by atoms with Crippen molar-refractivity contribution in [3.05, 3.63) is 0 Å². The Hall–Kier alpha value is 0.137. The first-order valence-corrected chi connectivity index (χ1v) is 9.37. The molecule has 0 saturated heterocycles. The predicted molar refractivity (Wildman–Crippen MR) is 82.1 cm³/mol. The van der Waals surface area contributed by atoms with E-state index in [1.54, 1.807) is 0 Å². The van der Waals surface area contributed by atoms with Gasteiger partial charge in [-0.1, -0.05) is 48.5 Å². The maximum Gasteiger partial charge on any atom is 0.347 e. The smallest absolute Gasteiger partial charge is 0.347 e. The summed E-state index contributed by atoms with van der Waals surface area (Å²) in [6, 6.07) is 0. The van der Waals surface area contributed by atoms with Crippen molar-refractivity contribution in [2.45, 2.75) is 72.9 Å². The molecule has 3 heteroatoms. The predicted octanol–water partition coefficient (Wildman–Crippen LogP) is 4.98. The summed E-state index contributed by atoms with van der Waals surface area (Å²) in [6.07, 6.45) is 0. The lowest BCUT2D eigenvalue weighted by Crippen LogP contribution is -2.59. The van der Waals surface area contributed by atoms with Crippen molar-refractivity contribution in [2.75, 3.05) is 13.2 Å². The van der Waals surface area contributed by atoms with Gasteiger partial charge in [0.25, 0.3) is 0 Å². The maximum atomic E-state index is 6.34. The van der Waals surface area contributed by atoms with Crippen LogP contribution in [0.15, 0.2) is 0 Å². The molecule has 0 rings (SSSR count). The van der Waals surface area contributed by atoms with Crippen LogP contribution in [0.3, 0.4) is 0 Å². The minimum atomic E-state index is -2.25. The summed E-state index contributed by atoms with van der Waals surface area (Å²) < 4.78 is 12.7. The second kappa shape index (κ2) is 7.06. The highest BCUT2D eigenvalue weighted by atomic mass is 28.4. The van der Waals surface area contributed by atoms with Gasteiger partial charge in [0.15, 0.2) is 0 Å². The van der Waals surface area contributed by atoms with Gasteiger partial charge in [-0.3, -0.25) is 0 Å². The van der Waals surface area contributed by atoms with E-state index in [2.05, 4.69) is 62.3 Å². The molecule has 0 atom stereocenters. The first-order chi connectivity index (χ1) is 8.20. The van der Waals surface area contributed by atoms with E-state index in [1.807, 2.05) is 0 Å².